The van der Waals surface area contributed by atoms with Crippen molar-refractivity contribution in [2.45, 2.75) is 258 Å². The van der Waals surface area contributed by atoms with Crippen molar-refractivity contribution in [3.63, 3.8) is 0 Å². The number of carbonyl (C=O) groups is 3. The molecule has 0 aromatic heterocycles. The van der Waals surface area contributed by atoms with E-state index in [0.717, 1.165) is 122 Å². The lowest BCUT2D eigenvalue weighted by Gasteiger charge is -2.18. The van der Waals surface area contributed by atoms with Crippen molar-refractivity contribution in [2.24, 2.45) is 0 Å². The predicted octanol–water partition coefficient (Wildman–Crippen LogP) is 18.5. The van der Waals surface area contributed by atoms with Gasteiger partial charge in [-0.3, -0.25) is 14.4 Å². The normalized spacial score (nSPS) is 12.8. The molecule has 67 heavy (non-hydrogen) atoms. The van der Waals surface area contributed by atoms with Crippen LogP contribution in [0.1, 0.15) is 252 Å². The molecule has 6 nitrogen and oxygen atoms in total. The Morgan fingerprint density at radius 1 is 0.313 bits per heavy atom. The Balaban J connectivity index is 4.18. The fraction of sp³-hybridized carbons (Fsp3) is 0.689. The van der Waals surface area contributed by atoms with Crippen LogP contribution in [-0.4, -0.2) is 37.2 Å². The van der Waals surface area contributed by atoms with E-state index >= 15 is 0 Å². The Morgan fingerprint density at radius 3 is 0.940 bits per heavy atom. The molecule has 0 spiro atoms. The van der Waals surface area contributed by atoms with Gasteiger partial charge < -0.3 is 14.2 Å². The average molecular weight is 931 g/mol. The van der Waals surface area contributed by atoms with Gasteiger partial charge in [0.2, 0.25) is 0 Å². The molecule has 6 heteroatoms. The molecule has 0 saturated carbocycles. The molecule has 382 valence electrons. The van der Waals surface area contributed by atoms with Gasteiger partial charge in [0, 0.05) is 19.3 Å². The van der Waals surface area contributed by atoms with Crippen molar-refractivity contribution in [1.82, 2.24) is 0 Å². The molecule has 0 bridgehead atoms. The van der Waals surface area contributed by atoms with Crippen LogP contribution in [0.4, 0.5) is 0 Å². The van der Waals surface area contributed by atoms with Crippen molar-refractivity contribution in [3.05, 3.63) is 97.2 Å². The number of hydrogen-bond donors (Lipinski definition) is 0. The molecule has 0 aliphatic carbocycles. The molecule has 1 atom stereocenters. The van der Waals surface area contributed by atoms with Gasteiger partial charge >= 0.3 is 17.9 Å². The van der Waals surface area contributed by atoms with Gasteiger partial charge in [0.25, 0.3) is 0 Å². The van der Waals surface area contributed by atoms with E-state index in [9.17, 15) is 14.4 Å². The zero-order chi connectivity index (χ0) is 48.6. The first-order chi connectivity index (χ1) is 33.0. The van der Waals surface area contributed by atoms with Crippen LogP contribution < -0.4 is 0 Å². The molecule has 0 saturated heterocycles. The van der Waals surface area contributed by atoms with Crippen molar-refractivity contribution >= 4 is 17.9 Å². The number of allylic oxidation sites excluding steroid dienone is 16. The highest BCUT2D eigenvalue weighted by Gasteiger charge is 2.19. The maximum atomic E-state index is 12.7. The summed E-state index contributed by atoms with van der Waals surface area (Å²) in [5.41, 5.74) is 0. The second-order valence-electron chi connectivity index (χ2n) is 18.1. The zero-order valence-electron chi connectivity index (χ0n) is 43.6. The minimum Gasteiger partial charge on any atom is -0.462 e. The van der Waals surface area contributed by atoms with E-state index in [-0.39, 0.29) is 31.1 Å². The lowest BCUT2D eigenvalue weighted by atomic mass is 10.1. The Morgan fingerprint density at radius 2 is 0.582 bits per heavy atom. The van der Waals surface area contributed by atoms with Gasteiger partial charge in [-0.25, -0.2) is 0 Å². The molecule has 1 unspecified atom stereocenters. The third kappa shape index (κ3) is 53.2. The van der Waals surface area contributed by atoms with Crippen LogP contribution in [0.2, 0.25) is 0 Å². The van der Waals surface area contributed by atoms with Crippen LogP contribution in [0.3, 0.4) is 0 Å². The van der Waals surface area contributed by atoms with Crippen LogP contribution in [0.25, 0.3) is 0 Å². The number of rotatable bonds is 49. The highest BCUT2D eigenvalue weighted by molar-refractivity contribution is 5.71. The lowest BCUT2D eigenvalue weighted by Crippen LogP contribution is -2.30. The molecule has 0 aliphatic rings. The molecule has 0 radical (unpaired) electrons. The summed E-state index contributed by atoms with van der Waals surface area (Å²) in [6.07, 6.45) is 72.7. The Kier molecular flexibility index (Phi) is 51.9. The van der Waals surface area contributed by atoms with Crippen molar-refractivity contribution < 1.29 is 28.6 Å². The second kappa shape index (κ2) is 54.9. The van der Waals surface area contributed by atoms with E-state index in [1.165, 1.54) is 89.9 Å². The highest BCUT2D eigenvalue weighted by Crippen LogP contribution is 2.14. The van der Waals surface area contributed by atoms with Crippen LogP contribution in [0.15, 0.2) is 97.2 Å². The molecule has 0 aliphatic heterocycles. The monoisotopic (exact) mass is 931 g/mol. The van der Waals surface area contributed by atoms with Gasteiger partial charge in [-0.2, -0.15) is 0 Å². The first-order valence-electron chi connectivity index (χ1n) is 27.7. The van der Waals surface area contributed by atoms with E-state index in [1.54, 1.807) is 0 Å². The summed E-state index contributed by atoms with van der Waals surface area (Å²) in [4.78, 5) is 37.8. The van der Waals surface area contributed by atoms with E-state index < -0.39 is 6.10 Å². The van der Waals surface area contributed by atoms with E-state index in [4.69, 9.17) is 14.2 Å². The first-order valence-corrected chi connectivity index (χ1v) is 27.7. The first kappa shape index (κ1) is 63.3. The van der Waals surface area contributed by atoms with Gasteiger partial charge in [0.15, 0.2) is 6.10 Å². The summed E-state index contributed by atoms with van der Waals surface area (Å²) in [5.74, 6) is -0.912. The largest absolute Gasteiger partial charge is 0.462 e. The molecular formula is C61H102O6. The summed E-state index contributed by atoms with van der Waals surface area (Å²) < 4.78 is 16.7. The maximum Gasteiger partial charge on any atom is 0.306 e. The molecule has 0 rings (SSSR count). The average Bonchev–Trinajstić information content (AvgIpc) is 3.33. The smallest absolute Gasteiger partial charge is 0.306 e. The van der Waals surface area contributed by atoms with Crippen molar-refractivity contribution in [3.8, 4) is 0 Å². The Labute approximate surface area is 413 Å². The van der Waals surface area contributed by atoms with Crippen LogP contribution in [0.5, 0.6) is 0 Å². The standard InChI is InChI=1S/C61H102O6/c1-4-7-10-13-16-18-20-22-23-24-25-26-27-28-29-30-31-32-33-34-35-36-37-39-40-42-45-48-51-54-60(63)66-57-58(56-65-59(62)53-50-47-44-15-12-9-6-3)67-61(64)55-52-49-46-43-41-38-21-19-17-14-11-8-5-2/h7,10,16,18-19,21-23,25-26,28-29,31-32,34-35,58H,4-6,8-9,11-15,17,20,24,27,30,33,36-57H2,1-3H3/b10-7-,18-16-,21-19-,23-22-,26-25-,29-28-,32-31-,35-34-. The van der Waals surface area contributed by atoms with Crippen LogP contribution in [-0.2, 0) is 28.6 Å². The molecule has 0 fully saturated rings. The Bertz CT molecular complexity index is 1350. The summed E-state index contributed by atoms with van der Waals surface area (Å²) >= 11 is 0. The third-order valence-corrected chi connectivity index (χ3v) is 11.6. The molecule has 0 N–H and O–H groups in total. The molecule has 0 heterocycles. The fourth-order valence-corrected chi connectivity index (χ4v) is 7.42. The van der Waals surface area contributed by atoms with Crippen LogP contribution in [0, 0.1) is 0 Å². The molecule has 0 aromatic carbocycles. The zero-order valence-corrected chi connectivity index (χ0v) is 43.6. The molecule has 0 amide bonds. The maximum absolute atomic E-state index is 12.7. The summed E-state index contributed by atoms with van der Waals surface area (Å²) in [6.45, 7) is 6.44. The van der Waals surface area contributed by atoms with Gasteiger partial charge in [-0.15, -0.1) is 0 Å². The van der Waals surface area contributed by atoms with Crippen molar-refractivity contribution in [2.75, 3.05) is 13.2 Å². The van der Waals surface area contributed by atoms with Crippen LogP contribution >= 0.6 is 0 Å². The van der Waals surface area contributed by atoms with Crippen molar-refractivity contribution in [1.29, 1.82) is 0 Å². The SMILES string of the molecule is CC/C=C\C/C=C\C/C=C\C/C=C\C/C=C\C/C=C\C/C=C\CCCCCCCCCC(=O)OCC(COC(=O)CCCCCCCCC)OC(=O)CCCCCCC/C=C\CCCCCC. The predicted molar refractivity (Wildman–Crippen MR) is 288 cm³/mol. The summed E-state index contributed by atoms with van der Waals surface area (Å²) in [6, 6.07) is 0. The number of hydrogen-bond acceptors (Lipinski definition) is 6. The summed E-state index contributed by atoms with van der Waals surface area (Å²) in [5, 5.41) is 0. The van der Waals surface area contributed by atoms with E-state index in [2.05, 4.69) is 118 Å². The van der Waals surface area contributed by atoms with Gasteiger partial charge in [0.1, 0.15) is 13.2 Å². The fourth-order valence-electron chi connectivity index (χ4n) is 7.42. The van der Waals surface area contributed by atoms with Gasteiger partial charge in [-0.05, 0) is 103 Å². The lowest BCUT2D eigenvalue weighted by molar-refractivity contribution is -0.167. The number of esters is 3. The minimum atomic E-state index is -0.783. The number of carbonyl (C=O) groups excluding carboxylic acids is 3. The minimum absolute atomic E-state index is 0.0836. The quantitative estimate of drug-likeness (QED) is 0.0262. The highest BCUT2D eigenvalue weighted by atomic mass is 16.6. The topological polar surface area (TPSA) is 78.9 Å². The van der Waals surface area contributed by atoms with E-state index in [1.807, 2.05) is 0 Å². The molecule has 0 aromatic rings. The molecular weight excluding hydrogens is 829 g/mol. The third-order valence-electron chi connectivity index (χ3n) is 11.6. The van der Waals surface area contributed by atoms with Gasteiger partial charge in [0.05, 0.1) is 0 Å². The summed E-state index contributed by atoms with van der Waals surface area (Å²) in [7, 11) is 0. The second-order valence-corrected chi connectivity index (χ2v) is 18.1. The number of ether oxygens (including phenoxy) is 3. The van der Waals surface area contributed by atoms with Gasteiger partial charge in [-0.1, -0.05) is 227 Å². The van der Waals surface area contributed by atoms with E-state index in [0.29, 0.717) is 19.3 Å². The Hall–Kier alpha value is -3.67. The number of unbranched alkanes of at least 4 members (excludes halogenated alkanes) is 22.